The lowest BCUT2D eigenvalue weighted by atomic mass is 10.1. The summed E-state index contributed by atoms with van der Waals surface area (Å²) < 4.78 is 20.9. The molecule has 134 valence electrons. The van der Waals surface area contributed by atoms with E-state index in [1.54, 1.807) is 26.0 Å². The van der Waals surface area contributed by atoms with Crippen LogP contribution in [0.3, 0.4) is 0 Å². The van der Waals surface area contributed by atoms with Crippen LogP contribution in [0.1, 0.15) is 25.8 Å². The number of benzene rings is 1. The number of nitrogens with one attached hydrogen (secondary N) is 1. The molecule has 1 aromatic carbocycles. The summed E-state index contributed by atoms with van der Waals surface area (Å²) in [6, 6.07) is 3.56. The van der Waals surface area contributed by atoms with Crippen LogP contribution in [0.25, 0.3) is 0 Å². The number of methoxy groups -OCH3 is 3. The Bertz CT molecular complexity index is 547. The normalized spacial score (nSPS) is 11.4. The smallest absolute Gasteiger partial charge is 0.306 e. The minimum absolute atomic E-state index is 0.141. The lowest BCUT2D eigenvalue weighted by Gasteiger charge is -2.15. The van der Waals surface area contributed by atoms with Gasteiger partial charge >= 0.3 is 5.97 Å². The molecule has 1 atom stereocenters. The zero-order valence-electron chi connectivity index (χ0n) is 14.8. The summed E-state index contributed by atoms with van der Waals surface area (Å²) in [5, 5.41) is 2.60. The van der Waals surface area contributed by atoms with Crippen molar-refractivity contribution >= 4 is 11.9 Å². The molecule has 1 amide bonds. The summed E-state index contributed by atoms with van der Waals surface area (Å²) in [5.74, 6) is 0.796. The third kappa shape index (κ3) is 5.33. The predicted octanol–water partition coefficient (Wildman–Crippen LogP) is 1.71. The fourth-order valence-electron chi connectivity index (χ4n) is 2.15. The molecule has 0 unspecified atom stereocenters. The highest BCUT2D eigenvalue weighted by Crippen LogP contribution is 2.38. The van der Waals surface area contributed by atoms with Crippen LogP contribution in [0.5, 0.6) is 17.2 Å². The third-order valence-corrected chi connectivity index (χ3v) is 3.37. The van der Waals surface area contributed by atoms with E-state index in [4.69, 9.17) is 18.9 Å². The minimum Gasteiger partial charge on any atom is -0.493 e. The molecule has 7 heteroatoms. The number of rotatable bonds is 9. The maximum Gasteiger partial charge on any atom is 0.306 e. The number of aryl methyl sites for hydroxylation is 1. The molecule has 0 aliphatic heterocycles. The first-order valence-electron chi connectivity index (χ1n) is 7.72. The molecule has 24 heavy (non-hydrogen) atoms. The van der Waals surface area contributed by atoms with Crippen LogP contribution < -0.4 is 19.5 Å². The maximum atomic E-state index is 11.9. The highest BCUT2D eigenvalue weighted by molar-refractivity contribution is 5.83. The van der Waals surface area contributed by atoms with Crippen LogP contribution >= 0.6 is 0 Å². The van der Waals surface area contributed by atoms with E-state index in [1.165, 1.54) is 21.3 Å². The van der Waals surface area contributed by atoms with Gasteiger partial charge in [0.05, 0.1) is 21.3 Å². The fraction of sp³-hybridized carbons (Fsp3) is 0.529. The molecule has 1 N–H and O–H groups in total. The van der Waals surface area contributed by atoms with Crippen molar-refractivity contribution < 1.29 is 28.5 Å². The standard InChI is InChI=1S/C17H25NO6/c1-6-18-17(20)11(2)24-15(19)8-7-12-9-13(21-3)16(23-5)14(10-12)22-4/h9-11H,6-8H2,1-5H3,(H,18,20)/t11-/m0/s1. The summed E-state index contributed by atoms with van der Waals surface area (Å²) in [6.45, 7) is 3.84. The zero-order chi connectivity index (χ0) is 18.1. The molecular weight excluding hydrogens is 314 g/mol. The molecule has 0 bridgehead atoms. The van der Waals surface area contributed by atoms with Crippen molar-refractivity contribution in [2.45, 2.75) is 32.8 Å². The Morgan fingerprint density at radius 2 is 1.67 bits per heavy atom. The predicted molar refractivity (Wildman–Crippen MR) is 88.7 cm³/mol. The molecule has 0 spiro atoms. The molecule has 7 nitrogen and oxygen atoms in total. The quantitative estimate of drug-likeness (QED) is 0.690. The van der Waals surface area contributed by atoms with Crippen molar-refractivity contribution in [2.75, 3.05) is 27.9 Å². The van der Waals surface area contributed by atoms with E-state index in [2.05, 4.69) is 5.32 Å². The van der Waals surface area contributed by atoms with E-state index in [0.29, 0.717) is 30.2 Å². The van der Waals surface area contributed by atoms with E-state index in [9.17, 15) is 9.59 Å². The number of amides is 1. The van der Waals surface area contributed by atoms with Gasteiger partial charge in [0.15, 0.2) is 17.6 Å². The summed E-state index contributed by atoms with van der Waals surface area (Å²) in [4.78, 5) is 23.4. The van der Waals surface area contributed by atoms with Gasteiger partial charge in [0, 0.05) is 13.0 Å². The topological polar surface area (TPSA) is 83.1 Å². The molecule has 0 fully saturated rings. The summed E-state index contributed by atoms with van der Waals surface area (Å²) in [5.41, 5.74) is 0.840. The molecule has 0 aromatic heterocycles. The molecule has 0 aliphatic rings. The number of hydrogen-bond donors (Lipinski definition) is 1. The van der Waals surface area contributed by atoms with Crippen LogP contribution in [0.4, 0.5) is 0 Å². The third-order valence-electron chi connectivity index (χ3n) is 3.37. The van der Waals surface area contributed by atoms with Gasteiger partial charge in [-0.05, 0) is 38.0 Å². The van der Waals surface area contributed by atoms with Gasteiger partial charge in [-0.25, -0.2) is 0 Å². The lowest BCUT2D eigenvalue weighted by Crippen LogP contribution is -2.35. The summed E-state index contributed by atoms with van der Waals surface area (Å²) in [7, 11) is 4.59. The fourth-order valence-corrected chi connectivity index (χ4v) is 2.15. The number of likely N-dealkylation sites (N-methyl/N-ethyl adjacent to an activating group) is 1. The highest BCUT2D eigenvalue weighted by atomic mass is 16.5. The van der Waals surface area contributed by atoms with Crippen molar-refractivity contribution in [1.82, 2.24) is 5.32 Å². The van der Waals surface area contributed by atoms with Gasteiger partial charge in [0.2, 0.25) is 5.75 Å². The molecule has 1 aromatic rings. The van der Waals surface area contributed by atoms with Crippen LogP contribution in [0, 0.1) is 0 Å². The minimum atomic E-state index is -0.808. The van der Waals surface area contributed by atoms with E-state index in [0.717, 1.165) is 5.56 Å². The van der Waals surface area contributed by atoms with Crippen LogP contribution in [0.2, 0.25) is 0 Å². The van der Waals surface area contributed by atoms with Gasteiger partial charge in [-0.3, -0.25) is 9.59 Å². The molecule has 1 rings (SSSR count). The number of carbonyl (C=O) groups excluding carboxylic acids is 2. The van der Waals surface area contributed by atoms with Crippen molar-refractivity contribution in [3.63, 3.8) is 0 Å². The Balaban J connectivity index is 2.70. The second-order valence-corrected chi connectivity index (χ2v) is 5.06. The monoisotopic (exact) mass is 339 g/mol. The molecular formula is C17H25NO6. The second kappa shape index (κ2) is 9.64. The Hall–Kier alpha value is -2.44. The molecule has 0 saturated heterocycles. The molecule has 0 saturated carbocycles. The van der Waals surface area contributed by atoms with Crippen molar-refractivity contribution in [3.8, 4) is 17.2 Å². The van der Waals surface area contributed by atoms with Gasteiger partial charge in [-0.15, -0.1) is 0 Å². The average Bonchev–Trinajstić information content (AvgIpc) is 2.58. The number of hydrogen-bond acceptors (Lipinski definition) is 6. The van der Waals surface area contributed by atoms with Crippen molar-refractivity contribution in [3.05, 3.63) is 17.7 Å². The molecule has 0 aliphatic carbocycles. The van der Waals surface area contributed by atoms with Gasteiger partial charge < -0.3 is 24.3 Å². The second-order valence-electron chi connectivity index (χ2n) is 5.06. The molecule has 0 heterocycles. The zero-order valence-corrected chi connectivity index (χ0v) is 14.8. The van der Waals surface area contributed by atoms with E-state index in [-0.39, 0.29) is 12.3 Å². The number of carbonyl (C=O) groups is 2. The first kappa shape index (κ1) is 19.6. The Kier molecular flexibility index (Phi) is 7.88. The Labute approximate surface area is 142 Å². The SMILES string of the molecule is CCNC(=O)[C@H](C)OC(=O)CCc1cc(OC)c(OC)c(OC)c1. The highest BCUT2D eigenvalue weighted by Gasteiger charge is 2.18. The van der Waals surface area contributed by atoms with E-state index in [1.807, 2.05) is 0 Å². The average molecular weight is 339 g/mol. The molecule has 0 radical (unpaired) electrons. The number of ether oxygens (including phenoxy) is 4. The maximum absolute atomic E-state index is 11.9. The van der Waals surface area contributed by atoms with Gasteiger partial charge in [-0.2, -0.15) is 0 Å². The Morgan fingerprint density at radius 3 is 2.12 bits per heavy atom. The largest absolute Gasteiger partial charge is 0.493 e. The van der Waals surface area contributed by atoms with E-state index < -0.39 is 12.1 Å². The van der Waals surface area contributed by atoms with Crippen LogP contribution in [-0.4, -0.2) is 45.9 Å². The van der Waals surface area contributed by atoms with Crippen LogP contribution in [0.15, 0.2) is 12.1 Å². The lowest BCUT2D eigenvalue weighted by molar-refractivity contribution is -0.154. The first-order valence-corrected chi connectivity index (χ1v) is 7.72. The number of esters is 1. The van der Waals surface area contributed by atoms with Crippen LogP contribution in [-0.2, 0) is 20.7 Å². The Morgan fingerprint density at radius 1 is 1.08 bits per heavy atom. The van der Waals surface area contributed by atoms with Gasteiger partial charge in [-0.1, -0.05) is 0 Å². The summed E-state index contributed by atoms with van der Waals surface area (Å²) in [6.07, 6.45) is -0.238. The van der Waals surface area contributed by atoms with E-state index >= 15 is 0 Å². The van der Waals surface area contributed by atoms with Gasteiger partial charge in [0.25, 0.3) is 5.91 Å². The first-order chi connectivity index (χ1) is 11.5. The van der Waals surface area contributed by atoms with Gasteiger partial charge in [0.1, 0.15) is 0 Å². The summed E-state index contributed by atoms with van der Waals surface area (Å²) >= 11 is 0. The van der Waals surface area contributed by atoms with Crippen molar-refractivity contribution in [2.24, 2.45) is 0 Å². The van der Waals surface area contributed by atoms with Crippen molar-refractivity contribution in [1.29, 1.82) is 0 Å².